The van der Waals surface area contributed by atoms with E-state index in [9.17, 15) is 19.2 Å². The summed E-state index contributed by atoms with van der Waals surface area (Å²) in [5, 5.41) is 34.5. The Kier molecular flexibility index (Phi) is 16.2. The third-order valence-corrected chi connectivity index (χ3v) is 2.17. The maximum atomic E-state index is 10.6. The molecule has 0 rings (SSSR count). The van der Waals surface area contributed by atoms with Crippen molar-refractivity contribution in [3.8, 4) is 0 Å². The predicted octanol–water partition coefficient (Wildman–Crippen LogP) is -8.06. The van der Waals surface area contributed by atoms with E-state index in [2.05, 4.69) is 0 Å². The molecule has 0 saturated carbocycles. The minimum atomic E-state index is -1.23. The zero-order chi connectivity index (χ0) is 15.7. The molecule has 0 aliphatic heterocycles. The van der Waals surface area contributed by atoms with E-state index in [0.717, 1.165) is 9.80 Å². The van der Waals surface area contributed by atoms with Crippen LogP contribution in [-0.2, 0) is 19.2 Å². The molecular weight excluding hydrogens is 335 g/mol. The normalized spacial score (nSPS) is 9.73. The molecule has 0 aliphatic carbocycles. The average molecular weight is 351 g/mol. The quantitative estimate of drug-likeness (QED) is 0.264. The Labute approximate surface area is 154 Å². The van der Waals surface area contributed by atoms with Gasteiger partial charge in [0.15, 0.2) is 0 Å². The Morgan fingerprint density at radius 3 is 0.909 bits per heavy atom. The van der Waals surface area contributed by atoms with Crippen molar-refractivity contribution in [1.82, 2.24) is 9.80 Å². The van der Waals surface area contributed by atoms with Crippen LogP contribution in [0.2, 0.25) is 0 Å². The standard InChI is InChI=1S/C10H16N2O8.ClH.Na/c13-7(14)3-11(4-8(15)16)1-2-12(5-9(17)18)6-10(19)20;;/h1-6H2,(H,13,14)(H,15,16)(H,17,18)(H,19,20);1H;/q;;+1/p-1. The van der Waals surface area contributed by atoms with Crippen LogP contribution in [0.4, 0.5) is 0 Å². The maximum Gasteiger partial charge on any atom is 1.00 e. The molecule has 0 aromatic carbocycles. The Balaban J connectivity index is -0.00000180. The molecule has 22 heavy (non-hydrogen) atoms. The molecule has 0 aromatic rings. The first-order valence-electron chi connectivity index (χ1n) is 5.52. The molecule has 122 valence electrons. The second-order valence-corrected chi connectivity index (χ2v) is 4.00. The fraction of sp³-hybridized carbons (Fsp3) is 0.600. The zero-order valence-electron chi connectivity index (χ0n) is 11.9. The van der Waals surface area contributed by atoms with Crippen LogP contribution in [0.15, 0.2) is 0 Å². The van der Waals surface area contributed by atoms with Gasteiger partial charge in [0, 0.05) is 13.1 Å². The molecule has 0 atom stereocenters. The van der Waals surface area contributed by atoms with Crippen LogP contribution in [0.5, 0.6) is 0 Å². The fourth-order valence-electron chi connectivity index (χ4n) is 1.48. The number of carbonyl (C=O) groups is 4. The van der Waals surface area contributed by atoms with Gasteiger partial charge in [0.1, 0.15) is 0 Å². The fourth-order valence-corrected chi connectivity index (χ4v) is 1.48. The van der Waals surface area contributed by atoms with Crippen molar-refractivity contribution in [2.45, 2.75) is 0 Å². The summed E-state index contributed by atoms with van der Waals surface area (Å²) in [5.41, 5.74) is 0. The number of hydrogen-bond acceptors (Lipinski definition) is 6. The van der Waals surface area contributed by atoms with Gasteiger partial charge in [-0.1, -0.05) is 0 Å². The number of carboxylic acid groups (broad SMARTS) is 4. The Hall–Kier alpha value is -0.910. The Bertz CT molecular complexity index is 327. The van der Waals surface area contributed by atoms with Crippen molar-refractivity contribution in [2.75, 3.05) is 39.3 Å². The first-order valence-corrected chi connectivity index (χ1v) is 5.52. The van der Waals surface area contributed by atoms with Crippen LogP contribution in [0.3, 0.4) is 0 Å². The van der Waals surface area contributed by atoms with Crippen molar-refractivity contribution in [3.63, 3.8) is 0 Å². The Morgan fingerprint density at radius 1 is 0.591 bits per heavy atom. The largest absolute Gasteiger partial charge is 1.00 e. The number of hydrogen-bond donors (Lipinski definition) is 4. The maximum absolute atomic E-state index is 10.6. The summed E-state index contributed by atoms with van der Waals surface area (Å²) >= 11 is 0. The number of aliphatic carboxylic acids is 4. The van der Waals surface area contributed by atoms with Crippen LogP contribution in [0.25, 0.3) is 0 Å². The van der Waals surface area contributed by atoms with Gasteiger partial charge in [0.25, 0.3) is 0 Å². The molecule has 4 N–H and O–H groups in total. The molecule has 0 fully saturated rings. The van der Waals surface area contributed by atoms with E-state index >= 15 is 0 Å². The summed E-state index contributed by atoms with van der Waals surface area (Å²) in [5.74, 6) is -4.91. The van der Waals surface area contributed by atoms with Gasteiger partial charge in [-0.25, -0.2) is 0 Å². The molecule has 0 aliphatic rings. The van der Waals surface area contributed by atoms with E-state index in [1.54, 1.807) is 0 Å². The number of carboxylic acids is 4. The first kappa shape index (κ1) is 26.0. The van der Waals surface area contributed by atoms with Crippen LogP contribution < -0.4 is 42.0 Å². The molecule has 0 spiro atoms. The van der Waals surface area contributed by atoms with Crippen LogP contribution >= 0.6 is 0 Å². The minimum absolute atomic E-state index is 0. The van der Waals surface area contributed by atoms with Crippen LogP contribution in [0.1, 0.15) is 0 Å². The van der Waals surface area contributed by atoms with E-state index in [4.69, 9.17) is 20.4 Å². The van der Waals surface area contributed by atoms with Gasteiger partial charge in [0.2, 0.25) is 0 Å². The van der Waals surface area contributed by atoms with Gasteiger partial charge in [-0.15, -0.1) is 0 Å². The van der Waals surface area contributed by atoms with E-state index in [1.807, 2.05) is 0 Å². The van der Waals surface area contributed by atoms with E-state index in [-0.39, 0.29) is 55.1 Å². The molecule has 0 heterocycles. The third-order valence-electron chi connectivity index (χ3n) is 2.17. The number of nitrogens with zero attached hydrogens (tertiary/aromatic N) is 2. The Morgan fingerprint density at radius 2 is 0.773 bits per heavy atom. The van der Waals surface area contributed by atoms with Crippen LogP contribution in [0, 0.1) is 0 Å². The monoisotopic (exact) mass is 350 g/mol. The number of rotatable bonds is 11. The summed E-state index contributed by atoms with van der Waals surface area (Å²) < 4.78 is 0. The van der Waals surface area contributed by atoms with Gasteiger partial charge in [-0.3, -0.25) is 29.0 Å². The van der Waals surface area contributed by atoms with Gasteiger partial charge in [0.05, 0.1) is 26.2 Å². The minimum Gasteiger partial charge on any atom is -1.00 e. The van der Waals surface area contributed by atoms with Crippen molar-refractivity contribution in [1.29, 1.82) is 0 Å². The van der Waals surface area contributed by atoms with Crippen molar-refractivity contribution >= 4 is 23.9 Å². The summed E-state index contributed by atoms with van der Waals surface area (Å²) in [4.78, 5) is 44.4. The summed E-state index contributed by atoms with van der Waals surface area (Å²) in [6, 6.07) is 0. The van der Waals surface area contributed by atoms with E-state index < -0.39 is 50.1 Å². The van der Waals surface area contributed by atoms with Crippen molar-refractivity contribution < 1.29 is 81.6 Å². The molecular formula is C10H16ClN2NaO8. The van der Waals surface area contributed by atoms with E-state index in [1.165, 1.54) is 0 Å². The third kappa shape index (κ3) is 15.5. The molecule has 0 radical (unpaired) electrons. The zero-order valence-corrected chi connectivity index (χ0v) is 14.7. The molecule has 0 bridgehead atoms. The van der Waals surface area contributed by atoms with Gasteiger partial charge in [-0.05, 0) is 0 Å². The van der Waals surface area contributed by atoms with Crippen molar-refractivity contribution in [3.05, 3.63) is 0 Å². The first-order chi connectivity index (χ1) is 9.20. The van der Waals surface area contributed by atoms with Crippen molar-refractivity contribution in [2.24, 2.45) is 0 Å². The molecule has 0 amide bonds. The number of halogens is 1. The van der Waals surface area contributed by atoms with Gasteiger partial charge < -0.3 is 32.8 Å². The predicted molar refractivity (Wildman–Crippen MR) is 63.4 cm³/mol. The molecule has 0 aromatic heterocycles. The second kappa shape index (κ2) is 13.7. The topological polar surface area (TPSA) is 156 Å². The van der Waals surface area contributed by atoms with Gasteiger partial charge >= 0.3 is 53.4 Å². The summed E-state index contributed by atoms with van der Waals surface area (Å²) in [7, 11) is 0. The SMILES string of the molecule is O=C(O)CN(CCN(CC(=O)O)CC(=O)O)CC(=O)O.[Cl-].[Na+]. The molecule has 0 saturated heterocycles. The summed E-state index contributed by atoms with van der Waals surface area (Å²) in [6.07, 6.45) is 0. The second-order valence-electron chi connectivity index (χ2n) is 4.00. The van der Waals surface area contributed by atoms with E-state index in [0.29, 0.717) is 0 Å². The smallest absolute Gasteiger partial charge is 1.00 e. The summed E-state index contributed by atoms with van der Waals surface area (Å²) in [6.45, 7) is -2.25. The molecule has 10 nitrogen and oxygen atoms in total. The molecule has 0 unspecified atom stereocenters. The van der Waals surface area contributed by atoms with Crippen LogP contribution in [-0.4, -0.2) is 93.4 Å². The van der Waals surface area contributed by atoms with Gasteiger partial charge in [-0.2, -0.15) is 0 Å². The average Bonchev–Trinajstić information content (AvgIpc) is 2.22. The molecule has 12 heteroatoms.